The summed E-state index contributed by atoms with van der Waals surface area (Å²) in [6, 6.07) is 0. The molecule has 17 heavy (non-hydrogen) atoms. The molecule has 5 heteroatoms. The standard InChI is InChI=1S/C12H18N2O3/c1-5-6(2)9-13-10(17-14-9)7-8(11(15)16)12(7,3)4/h6-8H,5H2,1-4H3,(H,15,16). The van der Waals surface area contributed by atoms with Crippen molar-refractivity contribution in [3.63, 3.8) is 0 Å². The zero-order valence-electron chi connectivity index (χ0n) is 10.6. The van der Waals surface area contributed by atoms with Crippen molar-refractivity contribution in [3.05, 3.63) is 11.7 Å². The van der Waals surface area contributed by atoms with Gasteiger partial charge in [-0.1, -0.05) is 32.9 Å². The maximum Gasteiger partial charge on any atom is 0.307 e. The fourth-order valence-electron chi connectivity index (χ4n) is 2.32. The zero-order chi connectivity index (χ0) is 12.8. The van der Waals surface area contributed by atoms with Gasteiger partial charge in [0.25, 0.3) is 0 Å². The number of aliphatic carboxylic acids is 1. The van der Waals surface area contributed by atoms with Crippen LogP contribution < -0.4 is 0 Å². The van der Waals surface area contributed by atoms with E-state index in [1.165, 1.54) is 0 Å². The highest BCUT2D eigenvalue weighted by molar-refractivity contribution is 5.77. The molecule has 1 fully saturated rings. The molecule has 3 unspecified atom stereocenters. The molecule has 2 rings (SSSR count). The van der Waals surface area contributed by atoms with Crippen LogP contribution in [0.4, 0.5) is 0 Å². The van der Waals surface area contributed by atoms with Crippen LogP contribution in [0, 0.1) is 11.3 Å². The number of aromatic nitrogens is 2. The number of carbonyl (C=O) groups is 1. The van der Waals surface area contributed by atoms with Gasteiger partial charge in [0.2, 0.25) is 5.89 Å². The van der Waals surface area contributed by atoms with E-state index in [2.05, 4.69) is 17.1 Å². The van der Waals surface area contributed by atoms with Crippen LogP contribution in [-0.2, 0) is 4.79 Å². The average molecular weight is 238 g/mol. The Balaban J connectivity index is 2.20. The molecule has 0 radical (unpaired) electrons. The fraction of sp³-hybridized carbons (Fsp3) is 0.750. The van der Waals surface area contributed by atoms with Gasteiger partial charge in [0, 0.05) is 5.92 Å². The number of rotatable bonds is 4. The topological polar surface area (TPSA) is 76.2 Å². The van der Waals surface area contributed by atoms with Crippen molar-refractivity contribution in [3.8, 4) is 0 Å². The number of carboxylic acid groups (broad SMARTS) is 1. The molecule has 0 aromatic carbocycles. The smallest absolute Gasteiger partial charge is 0.307 e. The van der Waals surface area contributed by atoms with E-state index < -0.39 is 11.9 Å². The van der Waals surface area contributed by atoms with Gasteiger partial charge in [-0.3, -0.25) is 4.79 Å². The van der Waals surface area contributed by atoms with Gasteiger partial charge >= 0.3 is 5.97 Å². The Morgan fingerprint density at radius 3 is 2.71 bits per heavy atom. The molecule has 0 aliphatic heterocycles. The van der Waals surface area contributed by atoms with E-state index in [1.807, 2.05) is 20.8 Å². The molecule has 1 aromatic rings. The second-order valence-corrected chi connectivity index (χ2v) is 5.42. The lowest BCUT2D eigenvalue weighted by Gasteiger charge is -1.99. The van der Waals surface area contributed by atoms with Crippen molar-refractivity contribution in [2.75, 3.05) is 0 Å². The number of hydrogen-bond acceptors (Lipinski definition) is 4. The molecule has 1 aliphatic rings. The molecule has 0 bridgehead atoms. The van der Waals surface area contributed by atoms with Crippen molar-refractivity contribution < 1.29 is 14.4 Å². The monoisotopic (exact) mass is 238 g/mol. The Labute approximate surface area is 100 Å². The molecule has 1 aromatic heterocycles. The van der Waals surface area contributed by atoms with E-state index in [9.17, 15) is 4.79 Å². The first-order chi connectivity index (χ1) is 7.89. The van der Waals surface area contributed by atoms with Gasteiger partial charge in [-0.15, -0.1) is 0 Å². The van der Waals surface area contributed by atoms with Gasteiger partial charge in [0.05, 0.1) is 11.8 Å². The highest BCUT2D eigenvalue weighted by atomic mass is 16.5. The van der Waals surface area contributed by atoms with E-state index in [-0.39, 0.29) is 17.3 Å². The van der Waals surface area contributed by atoms with Gasteiger partial charge in [-0.2, -0.15) is 4.98 Å². The maximum absolute atomic E-state index is 11.1. The molecule has 1 N–H and O–H groups in total. The summed E-state index contributed by atoms with van der Waals surface area (Å²) in [6.45, 7) is 7.93. The lowest BCUT2D eigenvalue weighted by atomic mass is 10.1. The molecule has 5 nitrogen and oxygen atoms in total. The second kappa shape index (κ2) is 3.82. The van der Waals surface area contributed by atoms with Crippen LogP contribution in [0.5, 0.6) is 0 Å². The van der Waals surface area contributed by atoms with Crippen LogP contribution in [-0.4, -0.2) is 21.2 Å². The van der Waals surface area contributed by atoms with E-state index in [1.54, 1.807) is 0 Å². The summed E-state index contributed by atoms with van der Waals surface area (Å²) in [7, 11) is 0. The van der Waals surface area contributed by atoms with Gasteiger partial charge in [-0.05, 0) is 11.8 Å². The zero-order valence-corrected chi connectivity index (χ0v) is 10.6. The molecular weight excluding hydrogens is 220 g/mol. The summed E-state index contributed by atoms with van der Waals surface area (Å²) in [5.74, 6) is 0.0472. The van der Waals surface area contributed by atoms with Gasteiger partial charge in [0.15, 0.2) is 5.82 Å². The summed E-state index contributed by atoms with van der Waals surface area (Å²) >= 11 is 0. The predicted octanol–water partition coefficient (Wildman–Crippen LogP) is 2.41. The van der Waals surface area contributed by atoms with Crippen molar-refractivity contribution in [1.82, 2.24) is 10.1 Å². The minimum Gasteiger partial charge on any atom is -0.481 e. The highest BCUT2D eigenvalue weighted by Gasteiger charge is 2.65. The first-order valence-electron chi connectivity index (χ1n) is 5.95. The van der Waals surface area contributed by atoms with Gasteiger partial charge < -0.3 is 9.63 Å². The lowest BCUT2D eigenvalue weighted by molar-refractivity contribution is -0.139. The van der Waals surface area contributed by atoms with Gasteiger partial charge in [0.1, 0.15) is 0 Å². The Hall–Kier alpha value is -1.39. The molecule has 1 aliphatic carbocycles. The molecule has 0 amide bonds. The van der Waals surface area contributed by atoms with E-state index in [4.69, 9.17) is 9.63 Å². The molecule has 94 valence electrons. The summed E-state index contributed by atoms with van der Waals surface area (Å²) in [4.78, 5) is 15.4. The molecule has 0 saturated heterocycles. The summed E-state index contributed by atoms with van der Waals surface area (Å²) in [6.07, 6.45) is 0.940. The highest BCUT2D eigenvalue weighted by Crippen LogP contribution is 2.64. The summed E-state index contributed by atoms with van der Waals surface area (Å²) in [5, 5.41) is 13.0. The number of hydrogen-bond donors (Lipinski definition) is 1. The van der Waals surface area contributed by atoms with Gasteiger partial charge in [-0.25, -0.2) is 0 Å². The van der Waals surface area contributed by atoms with Crippen molar-refractivity contribution in [2.24, 2.45) is 11.3 Å². The maximum atomic E-state index is 11.1. The third-order valence-corrected chi connectivity index (χ3v) is 3.87. The lowest BCUT2D eigenvalue weighted by Crippen LogP contribution is -2.03. The predicted molar refractivity (Wildman–Crippen MR) is 60.7 cm³/mol. The third kappa shape index (κ3) is 1.83. The first-order valence-corrected chi connectivity index (χ1v) is 5.95. The molecular formula is C12H18N2O3. The Morgan fingerprint density at radius 1 is 1.59 bits per heavy atom. The Kier molecular flexibility index (Phi) is 2.72. The minimum absolute atomic E-state index is 0.148. The van der Waals surface area contributed by atoms with Crippen molar-refractivity contribution in [1.29, 1.82) is 0 Å². The van der Waals surface area contributed by atoms with Crippen LogP contribution in [0.15, 0.2) is 4.52 Å². The Morgan fingerprint density at radius 2 is 2.24 bits per heavy atom. The SMILES string of the molecule is CCC(C)c1noc(C2C(C(=O)O)C2(C)C)n1. The largest absolute Gasteiger partial charge is 0.481 e. The van der Waals surface area contributed by atoms with Crippen LogP contribution in [0.2, 0.25) is 0 Å². The van der Waals surface area contributed by atoms with Crippen molar-refractivity contribution >= 4 is 5.97 Å². The summed E-state index contributed by atoms with van der Waals surface area (Å²) in [5.41, 5.74) is -0.287. The minimum atomic E-state index is -0.789. The van der Waals surface area contributed by atoms with Crippen LogP contribution in [0.3, 0.4) is 0 Å². The van der Waals surface area contributed by atoms with Crippen LogP contribution in [0.1, 0.15) is 57.7 Å². The molecule has 1 heterocycles. The molecule has 3 atom stereocenters. The fourth-order valence-corrected chi connectivity index (χ4v) is 2.32. The van der Waals surface area contributed by atoms with Crippen molar-refractivity contribution in [2.45, 2.75) is 46.0 Å². The molecule has 0 spiro atoms. The van der Waals surface area contributed by atoms with E-state index in [0.717, 1.165) is 6.42 Å². The number of carboxylic acids is 1. The van der Waals surface area contributed by atoms with Crippen LogP contribution >= 0.6 is 0 Å². The number of nitrogens with zero attached hydrogens (tertiary/aromatic N) is 2. The first kappa shape index (κ1) is 12.1. The molecule has 1 saturated carbocycles. The Bertz CT molecular complexity index is 439. The second-order valence-electron chi connectivity index (χ2n) is 5.42. The average Bonchev–Trinajstić information content (AvgIpc) is 2.64. The van der Waals surface area contributed by atoms with Crippen LogP contribution in [0.25, 0.3) is 0 Å². The van der Waals surface area contributed by atoms with E-state index in [0.29, 0.717) is 11.7 Å². The van der Waals surface area contributed by atoms with E-state index >= 15 is 0 Å². The quantitative estimate of drug-likeness (QED) is 0.871. The normalized spacial score (nSPS) is 27.8. The third-order valence-electron chi connectivity index (χ3n) is 3.87. The summed E-state index contributed by atoms with van der Waals surface area (Å²) < 4.78 is 5.20.